The summed E-state index contributed by atoms with van der Waals surface area (Å²) in [6.45, 7) is 2.51. The van der Waals surface area contributed by atoms with Gasteiger partial charge in [0.2, 0.25) is 5.43 Å². The second kappa shape index (κ2) is 10.2. The van der Waals surface area contributed by atoms with Crippen molar-refractivity contribution in [3.05, 3.63) is 92.0 Å². The summed E-state index contributed by atoms with van der Waals surface area (Å²) in [5.74, 6) is -0.890. The SMILES string of the molecule is CNC(=O)c1cn(CCCc2ccccc2)cc(C(=O)N(C)[C@@H](C)c2cccs2)c1=O. The predicted molar refractivity (Wildman–Crippen MR) is 124 cm³/mol. The number of nitrogens with zero attached hydrogens (tertiary/aromatic N) is 2. The number of amides is 2. The maximum atomic E-state index is 13.2. The molecule has 7 heteroatoms. The van der Waals surface area contributed by atoms with Gasteiger partial charge in [0.05, 0.1) is 6.04 Å². The number of hydrogen-bond donors (Lipinski definition) is 1. The van der Waals surface area contributed by atoms with Gasteiger partial charge in [-0.05, 0) is 36.8 Å². The first-order chi connectivity index (χ1) is 14.9. The van der Waals surface area contributed by atoms with Crippen LogP contribution in [-0.2, 0) is 13.0 Å². The number of nitrogens with one attached hydrogen (secondary N) is 1. The van der Waals surface area contributed by atoms with Crippen LogP contribution in [0.25, 0.3) is 0 Å². The molecule has 0 spiro atoms. The first-order valence-electron chi connectivity index (χ1n) is 10.2. The zero-order chi connectivity index (χ0) is 22.4. The van der Waals surface area contributed by atoms with Gasteiger partial charge in [-0.1, -0.05) is 36.4 Å². The monoisotopic (exact) mass is 437 g/mol. The smallest absolute Gasteiger partial charge is 0.259 e. The summed E-state index contributed by atoms with van der Waals surface area (Å²) in [5, 5.41) is 4.45. The molecule has 0 unspecified atom stereocenters. The largest absolute Gasteiger partial charge is 0.355 e. The van der Waals surface area contributed by atoms with Crippen LogP contribution < -0.4 is 10.7 Å². The third-order valence-electron chi connectivity index (χ3n) is 5.36. The van der Waals surface area contributed by atoms with Crippen molar-refractivity contribution < 1.29 is 9.59 Å². The number of thiophene rings is 1. The highest BCUT2D eigenvalue weighted by Gasteiger charge is 2.25. The van der Waals surface area contributed by atoms with Crippen molar-refractivity contribution in [1.82, 2.24) is 14.8 Å². The van der Waals surface area contributed by atoms with E-state index in [-0.39, 0.29) is 17.2 Å². The van der Waals surface area contributed by atoms with Crippen molar-refractivity contribution in [3.8, 4) is 0 Å². The molecular formula is C24H27N3O3S. The normalized spacial score (nSPS) is 11.7. The summed E-state index contributed by atoms with van der Waals surface area (Å²) in [6, 6.07) is 13.8. The zero-order valence-corrected chi connectivity index (χ0v) is 18.8. The Bertz CT molecular complexity index is 1090. The molecule has 0 aliphatic carbocycles. The first kappa shape index (κ1) is 22.5. The number of benzene rings is 1. The molecule has 0 saturated heterocycles. The van der Waals surface area contributed by atoms with E-state index in [1.165, 1.54) is 18.8 Å². The van der Waals surface area contributed by atoms with E-state index in [4.69, 9.17) is 0 Å². The van der Waals surface area contributed by atoms with Crippen molar-refractivity contribution >= 4 is 23.2 Å². The van der Waals surface area contributed by atoms with Gasteiger partial charge in [-0.3, -0.25) is 14.4 Å². The van der Waals surface area contributed by atoms with Gasteiger partial charge in [-0.15, -0.1) is 11.3 Å². The fourth-order valence-electron chi connectivity index (χ4n) is 3.41. The Morgan fingerprint density at radius 2 is 1.81 bits per heavy atom. The molecule has 1 N–H and O–H groups in total. The van der Waals surface area contributed by atoms with Gasteiger partial charge in [-0.2, -0.15) is 0 Å². The van der Waals surface area contributed by atoms with Gasteiger partial charge in [0.15, 0.2) is 0 Å². The van der Waals surface area contributed by atoms with Crippen LogP contribution in [-0.4, -0.2) is 35.4 Å². The number of aromatic nitrogens is 1. The lowest BCUT2D eigenvalue weighted by molar-refractivity contribution is 0.0742. The summed E-state index contributed by atoms with van der Waals surface area (Å²) in [6.07, 6.45) is 4.78. The highest BCUT2D eigenvalue weighted by Crippen LogP contribution is 2.24. The second-order valence-electron chi connectivity index (χ2n) is 7.43. The minimum absolute atomic E-state index is 0.00622. The van der Waals surface area contributed by atoms with Crippen LogP contribution in [0.1, 0.15) is 50.5 Å². The Hall–Kier alpha value is -3.19. The summed E-state index contributed by atoms with van der Waals surface area (Å²) in [5.41, 5.74) is 0.654. The fourth-order valence-corrected chi connectivity index (χ4v) is 4.23. The van der Waals surface area contributed by atoms with E-state index in [1.54, 1.807) is 34.0 Å². The standard InChI is InChI=1S/C24H27N3O3S/c1-17(21-12-8-14-31-21)26(3)24(30)20-16-27(15-19(22(20)28)23(29)25-2)13-7-11-18-9-5-4-6-10-18/h4-6,8-10,12,14-17H,7,11,13H2,1-3H3,(H,25,29)/t17-/m0/s1. The predicted octanol–water partition coefficient (Wildman–Crippen LogP) is 3.74. The molecule has 1 atom stereocenters. The molecule has 3 rings (SSSR count). The third-order valence-corrected chi connectivity index (χ3v) is 6.40. The molecular weight excluding hydrogens is 410 g/mol. The average Bonchev–Trinajstić information content (AvgIpc) is 3.33. The van der Waals surface area contributed by atoms with E-state index in [0.29, 0.717) is 6.54 Å². The average molecular weight is 438 g/mol. The molecule has 2 heterocycles. The van der Waals surface area contributed by atoms with Gasteiger partial charge in [0.25, 0.3) is 11.8 Å². The van der Waals surface area contributed by atoms with Crippen molar-refractivity contribution in [1.29, 1.82) is 0 Å². The number of rotatable bonds is 8. The third kappa shape index (κ3) is 5.30. The Balaban J connectivity index is 1.87. The van der Waals surface area contributed by atoms with Crippen LogP contribution in [0.15, 0.2) is 65.0 Å². The summed E-state index contributed by atoms with van der Waals surface area (Å²) in [4.78, 5) is 41.0. The van der Waals surface area contributed by atoms with Gasteiger partial charge in [-0.25, -0.2) is 0 Å². The molecule has 0 fully saturated rings. The lowest BCUT2D eigenvalue weighted by Gasteiger charge is -2.24. The molecule has 2 amide bonds. The summed E-state index contributed by atoms with van der Waals surface area (Å²) < 4.78 is 1.77. The molecule has 0 radical (unpaired) electrons. The molecule has 2 aromatic heterocycles. The lowest BCUT2D eigenvalue weighted by Crippen LogP contribution is -2.36. The van der Waals surface area contributed by atoms with Crippen LogP contribution in [0.5, 0.6) is 0 Å². The van der Waals surface area contributed by atoms with Crippen LogP contribution in [0.2, 0.25) is 0 Å². The minimum atomic E-state index is -0.547. The van der Waals surface area contributed by atoms with E-state index in [0.717, 1.165) is 17.7 Å². The molecule has 162 valence electrons. The number of carbonyl (C=O) groups is 2. The van der Waals surface area contributed by atoms with E-state index in [2.05, 4.69) is 17.4 Å². The first-order valence-corrected chi connectivity index (χ1v) is 11.1. The van der Waals surface area contributed by atoms with Crippen molar-refractivity contribution in [2.24, 2.45) is 0 Å². The quantitative estimate of drug-likeness (QED) is 0.584. The number of pyridine rings is 1. The minimum Gasteiger partial charge on any atom is -0.355 e. The van der Waals surface area contributed by atoms with E-state index in [9.17, 15) is 14.4 Å². The van der Waals surface area contributed by atoms with Gasteiger partial charge >= 0.3 is 0 Å². The highest BCUT2D eigenvalue weighted by atomic mass is 32.1. The Kier molecular flexibility index (Phi) is 7.41. The maximum absolute atomic E-state index is 13.2. The van der Waals surface area contributed by atoms with E-state index >= 15 is 0 Å². The van der Waals surface area contributed by atoms with Gasteiger partial charge in [0, 0.05) is 37.9 Å². The fraction of sp³-hybridized carbons (Fsp3) is 0.292. The molecule has 31 heavy (non-hydrogen) atoms. The second-order valence-corrected chi connectivity index (χ2v) is 8.41. The van der Waals surface area contributed by atoms with E-state index in [1.807, 2.05) is 42.6 Å². The molecule has 0 saturated carbocycles. The van der Waals surface area contributed by atoms with Crippen LogP contribution in [0.4, 0.5) is 0 Å². The summed E-state index contributed by atoms with van der Waals surface area (Å²) in [7, 11) is 3.15. The zero-order valence-electron chi connectivity index (χ0n) is 18.0. The number of aryl methyl sites for hydroxylation is 2. The molecule has 0 aliphatic rings. The highest BCUT2D eigenvalue weighted by molar-refractivity contribution is 7.10. The lowest BCUT2D eigenvalue weighted by atomic mass is 10.1. The Labute approximate surface area is 186 Å². The molecule has 0 bridgehead atoms. The Morgan fingerprint density at radius 1 is 1.10 bits per heavy atom. The molecule has 6 nitrogen and oxygen atoms in total. The van der Waals surface area contributed by atoms with Crippen LogP contribution in [0.3, 0.4) is 0 Å². The van der Waals surface area contributed by atoms with Crippen molar-refractivity contribution in [2.75, 3.05) is 14.1 Å². The van der Waals surface area contributed by atoms with Gasteiger partial charge in [0.1, 0.15) is 11.1 Å². The van der Waals surface area contributed by atoms with E-state index < -0.39 is 17.2 Å². The summed E-state index contributed by atoms with van der Waals surface area (Å²) >= 11 is 1.56. The maximum Gasteiger partial charge on any atom is 0.259 e. The molecule has 0 aliphatic heterocycles. The number of carbonyl (C=O) groups excluding carboxylic acids is 2. The van der Waals surface area contributed by atoms with Crippen molar-refractivity contribution in [2.45, 2.75) is 32.4 Å². The van der Waals surface area contributed by atoms with Crippen molar-refractivity contribution in [3.63, 3.8) is 0 Å². The Morgan fingerprint density at radius 3 is 2.45 bits per heavy atom. The van der Waals surface area contributed by atoms with Crippen LogP contribution in [0, 0.1) is 0 Å². The van der Waals surface area contributed by atoms with Crippen LogP contribution >= 0.6 is 11.3 Å². The topological polar surface area (TPSA) is 71.4 Å². The molecule has 3 aromatic rings. The number of hydrogen-bond acceptors (Lipinski definition) is 4. The van der Waals surface area contributed by atoms with Gasteiger partial charge < -0.3 is 14.8 Å². The molecule has 1 aromatic carbocycles.